The molecule has 178 valence electrons. The summed E-state index contributed by atoms with van der Waals surface area (Å²) in [6, 6.07) is 11.6. The normalized spacial score (nSPS) is 16.9. The molecule has 34 heavy (non-hydrogen) atoms. The van der Waals surface area contributed by atoms with Crippen LogP contribution in [-0.2, 0) is 41.1 Å². The highest BCUT2D eigenvalue weighted by atomic mass is 16.5. The van der Waals surface area contributed by atoms with Gasteiger partial charge in [0.1, 0.15) is 0 Å². The van der Waals surface area contributed by atoms with Crippen LogP contribution in [0.25, 0.3) is 0 Å². The molecule has 2 amide bonds. The molecule has 0 radical (unpaired) electrons. The van der Waals surface area contributed by atoms with Crippen molar-refractivity contribution < 1.29 is 14.3 Å². The molecule has 0 spiro atoms. The summed E-state index contributed by atoms with van der Waals surface area (Å²) in [6.45, 7) is 4.47. The van der Waals surface area contributed by atoms with Gasteiger partial charge in [0.15, 0.2) is 0 Å². The molecule has 9 heteroatoms. The van der Waals surface area contributed by atoms with Gasteiger partial charge < -0.3 is 15.0 Å². The van der Waals surface area contributed by atoms with E-state index < -0.39 is 0 Å². The van der Waals surface area contributed by atoms with Crippen molar-refractivity contribution in [3.05, 3.63) is 77.9 Å². The Morgan fingerprint density at radius 2 is 1.91 bits per heavy atom. The molecule has 2 aromatic heterocycles. The molecule has 3 aromatic rings. The van der Waals surface area contributed by atoms with Gasteiger partial charge in [0.05, 0.1) is 25.5 Å². The van der Waals surface area contributed by atoms with E-state index >= 15 is 0 Å². The van der Waals surface area contributed by atoms with Crippen LogP contribution >= 0.6 is 0 Å². The molecule has 0 aliphatic carbocycles. The number of carbonyl (C=O) groups excluding carboxylic acids is 2. The van der Waals surface area contributed by atoms with Crippen molar-refractivity contribution in [2.45, 2.75) is 32.7 Å². The summed E-state index contributed by atoms with van der Waals surface area (Å²) in [4.78, 5) is 32.6. The van der Waals surface area contributed by atoms with Crippen molar-refractivity contribution in [3.63, 3.8) is 0 Å². The summed E-state index contributed by atoms with van der Waals surface area (Å²) >= 11 is 0. The number of amides is 2. The minimum Gasteiger partial charge on any atom is -0.370 e. The molecule has 9 nitrogen and oxygen atoms in total. The second-order valence-corrected chi connectivity index (χ2v) is 8.64. The summed E-state index contributed by atoms with van der Waals surface area (Å²) in [5.41, 5.74) is 3.80. The van der Waals surface area contributed by atoms with Crippen molar-refractivity contribution >= 4 is 17.5 Å². The zero-order valence-electron chi connectivity index (χ0n) is 19.6. The van der Waals surface area contributed by atoms with Crippen molar-refractivity contribution in [1.29, 1.82) is 0 Å². The number of hydrogen-bond donors (Lipinski definition) is 1. The van der Waals surface area contributed by atoms with Crippen molar-refractivity contribution in [3.8, 4) is 0 Å². The number of rotatable bonds is 8. The van der Waals surface area contributed by atoms with E-state index in [4.69, 9.17) is 4.74 Å². The average molecular weight is 463 g/mol. The van der Waals surface area contributed by atoms with Crippen LogP contribution in [0, 0.1) is 0 Å². The second kappa shape index (κ2) is 11.0. The minimum absolute atomic E-state index is 0.0613. The molecule has 1 fully saturated rings. The van der Waals surface area contributed by atoms with Crippen molar-refractivity contribution in [2.75, 3.05) is 25.0 Å². The Balaban J connectivity index is 1.46. The third-order valence-electron chi connectivity index (χ3n) is 5.62. The van der Waals surface area contributed by atoms with E-state index in [9.17, 15) is 9.59 Å². The zero-order chi connectivity index (χ0) is 23.9. The zero-order valence-corrected chi connectivity index (χ0v) is 19.6. The molecule has 1 aliphatic rings. The average Bonchev–Trinajstić information content (AvgIpc) is 3.16. The molecule has 3 heterocycles. The van der Waals surface area contributed by atoms with Crippen LogP contribution < -0.4 is 5.32 Å². The number of benzene rings is 1. The Morgan fingerprint density at radius 1 is 1.09 bits per heavy atom. The Hall–Kier alpha value is -3.56. The van der Waals surface area contributed by atoms with Crippen LogP contribution in [0.1, 0.15) is 23.6 Å². The topological polar surface area (TPSA) is 92.6 Å². The maximum absolute atomic E-state index is 13.2. The maximum Gasteiger partial charge on any atom is 0.237 e. The highest BCUT2D eigenvalue weighted by Crippen LogP contribution is 2.17. The lowest BCUT2D eigenvalue weighted by atomic mass is 10.2. The second-order valence-electron chi connectivity index (χ2n) is 8.64. The van der Waals surface area contributed by atoms with Gasteiger partial charge in [-0.05, 0) is 29.3 Å². The van der Waals surface area contributed by atoms with Gasteiger partial charge in [-0.15, -0.1) is 0 Å². The minimum atomic E-state index is -0.151. The monoisotopic (exact) mass is 462 g/mol. The van der Waals surface area contributed by atoms with E-state index in [1.165, 1.54) is 6.92 Å². The highest BCUT2D eigenvalue weighted by Gasteiger charge is 2.29. The number of nitrogens with one attached hydrogen (secondary N) is 1. The summed E-state index contributed by atoms with van der Waals surface area (Å²) in [6.07, 6.45) is 7.10. The number of pyridine rings is 1. The Labute approximate surface area is 199 Å². The first-order valence-electron chi connectivity index (χ1n) is 11.3. The molecule has 1 saturated heterocycles. The van der Waals surface area contributed by atoms with Gasteiger partial charge in [0, 0.05) is 70.0 Å². The standard InChI is InChI=1S/C25H30N6O3/c1-19(32)28-23-7-5-20(6-8-23)13-30-15-24(34-18-21-4-3-9-26-10-21)16-31(25(33)17-30)14-22-11-27-29(2)12-22/h3-12,24H,13-18H2,1-2H3,(H,28,32)/t24-/m0/s1. The summed E-state index contributed by atoms with van der Waals surface area (Å²) in [5.74, 6) is -0.0422. The SMILES string of the molecule is CC(=O)Nc1ccc(CN2CC(=O)N(Cc3cnn(C)c3)C[C@@H](OCc3cccnc3)C2)cc1. The molecule has 0 bridgehead atoms. The van der Waals surface area contributed by atoms with E-state index in [0.717, 1.165) is 22.4 Å². The molecule has 1 atom stereocenters. The Morgan fingerprint density at radius 3 is 2.59 bits per heavy atom. The molecular weight excluding hydrogens is 432 g/mol. The van der Waals surface area contributed by atoms with Crippen molar-refractivity contribution in [2.24, 2.45) is 7.05 Å². The number of ether oxygens (including phenoxy) is 1. The van der Waals surface area contributed by atoms with Crippen LogP contribution in [0.3, 0.4) is 0 Å². The number of aryl methyl sites for hydroxylation is 1. The fraction of sp³-hybridized carbons (Fsp3) is 0.360. The van der Waals surface area contributed by atoms with E-state index in [1.807, 2.05) is 54.5 Å². The molecule has 0 unspecified atom stereocenters. The number of hydrogen-bond acceptors (Lipinski definition) is 6. The van der Waals surface area contributed by atoms with Gasteiger partial charge >= 0.3 is 0 Å². The molecule has 4 rings (SSSR count). The lowest BCUT2D eigenvalue weighted by Gasteiger charge is -2.24. The summed E-state index contributed by atoms with van der Waals surface area (Å²) in [7, 11) is 1.87. The first-order chi connectivity index (χ1) is 16.4. The van der Waals surface area contributed by atoms with Crippen molar-refractivity contribution in [1.82, 2.24) is 24.6 Å². The highest BCUT2D eigenvalue weighted by molar-refractivity contribution is 5.88. The lowest BCUT2D eigenvalue weighted by molar-refractivity contribution is -0.132. The van der Waals surface area contributed by atoms with Crippen LogP contribution in [-0.4, -0.2) is 62.1 Å². The third kappa shape index (κ3) is 6.72. The van der Waals surface area contributed by atoms with Gasteiger partial charge in [-0.1, -0.05) is 18.2 Å². The Kier molecular flexibility index (Phi) is 7.66. The van der Waals surface area contributed by atoms with Crippen LogP contribution in [0.5, 0.6) is 0 Å². The number of aromatic nitrogens is 3. The van der Waals surface area contributed by atoms with Crippen LogP contribution in [0.4, 0.5) is 5.69 Å². The molecule has 1 N–H and O–H groups in total. The quantitative estimate of drug-likeness (QED) is 0.552. The largest absolute Gasteiger partial charge is 0.370 e. The van der Waals surface area contributed by atoms with Crippen LogP contribution in [0.2, 0.25) is 0 Å². The molecule has 1 aliphatic heterocycles. The fourth-order valence-corrected chi connectivity index (χ4v) is 4.05. The van der Waals surface area contributed by atoms with E-state index in [1.54, 1.807) is 23.3 Å². The molecular formula is C25H30N6O3. The first-order valence-corrected chi connectivity index (χ1v) is 11.3. The van der Waals surface area contributed by atoms with Gasteiger partial charge in [0.2, 0.25) is 11.8 Å². The molecule has 1 aromatic carbocycles. The predicted molar refractivity (Wildman–Crippen MR) is 127 cm³/mol. The maximum atomic E-state index is 13.2. The third-order valence-corrected chi connectivity index (χ3v) is 5.62. The fourth-order valence-electron chi connectivity index (χ4n) is 4.05. The van der Waals surface area contributed by atoms with Gasteiger partial charge in [-0.3, -0.25) is 24.2 Å². The first kappa shape index (κ1) is 23.6. The van der Waals surface area contributed by atoms with E-state index in [2.05, 4.69) is 20.3 Å². The van der Waals surface area contributed by atoms with E-state index in [-0.39, 0.29) is 17.9 Å². The summed E-state index contributed by atoms with van der Waals surface area (Å²) in [5, 5.41) is 7.00. The number of anilines is 1. The predicted octanol–water partition coefficient (Wildman–Crippen LogP) is 2.20. The number of nitrogens with zero attached hydrogens (tertiary/aromatic N) is 5. The van der Waals surface area contributed by atoms with Gasteiger partial charge in [-0.25, -0.2) is 0 Å². The van der Waals surface area contributed by atoms with Gasteiger partial charge in [0.25, 0.3) is 0 Å². The van der Waals surface area contributed by atoms with E-state index in [0.29, 0.717) is 39.3 Å². The Bertz CT molecular complexity index is 1100. The number of carbonyl (C=O) groups is 2. The molecule has 0 saturated carbocycles. The van der Waals surface area contributed by atoms with Gasteiger partial charge in [-0.2, -0.15) is 5.10 Å². The summed E-state index contributed by atoms with van der Waals surface area (Å²) < 4.78 is 8.00. The lowest BCUT2D eigenvalue weighted by Crippen LogP contribution is -2.37. The smallest absolute Gasteiger partial charge is 0.237 e. The van der Waals surface area contributed by atoms with Crippen LogP contribution in [0.15, 0.2) is 61.2 Å².